The molecule has 0 aliphatic carbocycles. The van der Waals surface area contributed by atoms with Crippen molar-refractivity contribution in [3.05, 3.63) is 53.8 Å². The molecule has 0 amide bonds. The largest absolute Gasteiger partial charge is 0.241 e. The Morgan fingerprint density at radius 2 is 1.67 bits per heavy atom. The molecule has 0 aliphatic heterocycles. The van der Waals surface area contributed by atoms with Crippen LogP contribution in [-0.4, -0.2) is 15.0 Å². The average molecular weight is 253 g/mol. The van der Waals surface area contributed by atoms with E-state index in [1.807, 2.05) is 55.0 Å². The third kappa shape index (κ3) is 2.15. The second-order valence-corrected chi connectivity index (χ2v) is 4.81. The van der Waals surface area contributed by atoms with E-state index in [9.17, 15) is 0 Å². The van der Waals surface area contributed by atoms with Gasteiger partial charge >= 0.3 is 0 Å². The van der Waals surface area contributed by atoms with Crippen LogP contribution in [0.25, 0.3) is 22.0 Å². The van der Waals surface area contributed by atoms with Crippen LogP contribution in [0.15, 0.2) is 48.1 Å². The summed E-state index contributed by atoms with van der Waals surface area (Å²) in [6.07, 6.45) is 3.65. The second-order valence-electron chi connectivity index (χ2n) is 3.96. The van der Waals surface area contributed by atoms with Gasteiger partial charge in [0.05, 0.1) is 0 Å². The van der Waals surface area contributed by atoms with Gasteiger partial charge in [-0.2, -0.15) is 0 Å². The fraction of sp³-hybridized carbons (Fsp3) is 0.0714. The highest BCUT2D eigenvalue weighted by atomic mass is 32.1. The van der Waals surface area contributed by atoms with Crippen molar-refractivity contribution in [3.8, 4) is 22.0 Å². The highest BCUT2D eigenvalue weighted by molar-refractivity contribution is 7.13. The topological polar surface area (TPSA) is 38.7 Å². The van der Waals surface area contributed by atoms with Gasteiger partial charge in [-0.1, -0.05) is 30.3 Å². The van der Waals surface area contributed by atoms with Crippen LogP contribution in [0.2, 0.25) is 0 Å². The van der Waals surface area contributed by atoms with Gasteiger partial charge in [-0.15, -0.1) is 11.3 Å². The van der Waals surface area contributed by atoms with Crippen LogP contribution in [0.3, 0.4) is 0 Å². The van der Waals surface area contributed by atoms with Crippen molar-refractivity contribution in [1.82, 2.24) is 15.0 Å². The molecule has 2 aromatic heterocycles. The standard InChI is InChI=1S/C14H11N3S/c1-10-9-18-14(17-10)12-7-15-13(16-8-12)11-5-3-2-4-6-11/h2-9H,1H3. The van der Waals surface area contributed by atoms with Crippen LogP contribution in [0.5, 0.6) is 0 Å². The number of hydrogen-bond acceptors (Lipinski definition) is 4. The second kappa shape index (κ2) is 4.66. The van der Waals surface area contributed by atoms with Crippen molar-refractivity contribution in [2.24, 2.45) is 0 Å². The Morgan fingerprint density at radius 3 is 2.28 bits per heavy atom. The van der Waals surface area contributed by atoms with Crippen LogP contribution in [0.4, 0.5) is 0 Å². The monoisotopic (exact) mass is 253 g/mol. The van der Waals surface area contributed by atoms with Gasteiger partial charge in [0, 0.05) is 34.6 Å². The molecule has 2 heterocycles. The van der Waals surface area contributed by atoms with Gasteiger partial charge in [0.15, 0.2) is 5.82 Å². The normalized spacial score (nSPS) is 10.5. The predicted octanol–water partition coefficient (Wildman–Crippen LogP) is 3.58. The molecule has 0 unspecified atom stereocenters. The number of aromatic nitrogens is 3. The quantitative estimate of drug-likeness (QED) is 0.700. The summed E-state index contributed by atoms with van der Waals surface area (Å²) in [4.78, 5) is 13.2. The molecule has 3 aromatic rings. The van der Waals surface area contributed by atoms with Crippen molar-refractivity contribution in [2.75, 3.05) is 0 Å². The summed E-state index contributed by atoms with van der Waals surface area (Å²) in [5.41, 5.74) is 3.02. The first-order valence-electron chi connectivity index (χ1n) is 5.63. The maximum atomic E-state index is 4.42. The van der Waals surface area contributed by atoms with Crippen LogP contribution in [0.1, 0.15) is 5.69 Å². The van der Waals surface area contributed by atoms with Gasteiger partial charge in [0.2, 0.25) is 0 Å². The molecule has 0 saturated carbocycles. The molecule has 1 aromatic carbocycles. The lowest BCUT2D eigenvalue weighted by Gasteiger charge is -2.00. The molecule has 0 fully saturated rings. The van der Waals surface area contributed by atoms with E-state index in [1.165, 1.54) is 0 Å². The minimum absolute atomic E-state index is 0.743. The molecule has 3 nitrogen and oxygen atoms in total. The van der Waals surface area contributed by atoms with Crippen LogP contribution in [-0.2, 0) is 0 Å². The van der Waals surface area contributed by atoms with Crippen molar-refractivity contribution >= 4 is 11.3 Å². The lowest BCUT2D eigenvalue weighted by atomic mass is 10.2. The number of rotatable bonds is 2. The van der Waals surface area contributed by atoms with Gasteiger partial charge in [0.25, 0.3) is 0 Å². The highest BCUT2D eigenvalue weighted by Crippen LogP contribution is 2.23. The third-order valence-electron chi connectivity index (χ3n) is 2.55. The van der Waals surface area contributed by atoms with E-state index in [2.05, 4.69) is 15.0 Å². The average Bonchev–Trinajstić information content (AvgIpc) is 2.87. The molecule has 0 N–H and O–H groups in total. The Bertz CT molecular complexity index is 644. The summed E-state index contributed by atoms with van der Waals surface area (Å²) in [5.74, 6) is 0.743. The molecule has 4 heteroatoms. The Balaban J connectivity index is 1.94. The fourth-order valence-corrected chi connectivity index (χ4v) is 2.43. The van der Waals surface area contributed by atoms with Crippen LogP contribution >= 0.6 is 11.3 Å². The Morgan fingerprint density at radius 1 is 0.944 bits per heavy atom. The maximum absolute atomic E-state index is 4.42. The minimum Gasteiger partial charge on any atom is -0.241 e. The molecule has 0 atom stereocenters. The number of thiazole rings is 1. The zero-order chi connectivity index (χ0) is 12.4. The summed E-state index contributed by atoms with van der Waals surface area (Å²) < 4.78 is 0. The fourth-order valence-electron chi connectivity index (χ4n) is 1.66. The van der Waals surface area contributed by atoms with Gasteiger partial charge in [-0.05, 0) is 6.92 Å². The molecule has 18 heavy (non-hydrogen) atoms. The smallest absolute Gasteiger partial charge is 0.159 e. The van der Waals surface area contributed by atoms with E-state index < -0.39 is 0 Å². The molecule has 0 radical (unpaired) electrons. The van der Waals surface area contributed by atoms with E-state index in [0.29, 0.717) is 0 Å². The van der Waals surface area contributed by atoms with E-state index in [-0.39, 0.29) is 0 Å². The summed E-state index contributed by atoms with van der Waals surface area (Å²) in [5, 5.41) is 2.99. The van der Waals surface area contributed by atoms with E-state index in [4.69, 9.17) is 0 Å². The molecule has 0 aliphatic rings. The summed E-state index contributed by atoms with van der Waals surface area (Å²) in [6.45, 7) is 1.99. The SMILES string of the molecule is Cc1csc(-c2cnc(-c3ccccc3)nc2)n1. The van der Waals surface area contributed by atoms with Gasteiger partial charge in [-0.3, -0.25) is 0 Å². The maximum Gasteiger partial charge on any atom is 0.159 e. The zero-order valence-electron chi connectivity index (χ0n) is 9.87. The van der Waals surface area contributed by atoms with Crippen molar-refractivity contribution in [3.63, 3.8) is 0 Å². The minimum atomic E-state index is 0.743. The number of hydrogen-bond donors (Lipinski definition) is 0. The summed E-state index contributed by atoms with van der Waals surface area (Å²) >= 11 is 1.61. The predicted molar refractivity (Wildman–Crippen MR) is 73.3 cm³/mol. The van der Waals surface area contributed by atoms with Gasteiger partial charge in [0.1, 0.15) is 5.01 Å². The van der Waals surface area contributed by atoms with Crippen molar-refractivity contribution in [2.45, 2.75) is 6.92 Å². The van der Waals surface area contributed by atoms with Crippen LogP contribution in [0, 0.1) is 6.92 Å². The van der Waals surface area contributed by atoms with E-state index in [1.54, 1.807) is 11.3 Å². The number of aryl methyl sites for hydroxylation is 1. The Labute approximate surface area is 109 Å². The highest BCUT2D eigenvalue weighted by Gasteiger charge is 2.05. The lowest BCUT2D eigenvalue weighted by molar-refractivity contribution is 1.17. The molecular formula is C14H11N3S. The first-order chi connectivity index (χ1) is 8.83. The summed E-state index contributed by atoms with van der Waals surface area (Å²) in [7, 11) is 0. The Hall–Kier alpha value is -2.07. The molecule has 0 bridgehead atoms. The molecule has 88 valence electrons. The Kier molecular flexibility index (Phi) is 2.86. The molecule has 0 saturated heterocycles. The van der Waals surface area contributed by atoms with Gasteiger partial charge < -0.3 is 0 Å². The van der Waals surface area contributed by atoms with Crippen molar-refractivity contribution < 1.29 is 0 Å². The van der Waals surface area contributed by atoms with Crippen molar-refractivity contribution in [1.29, 1.82) is 0 Å². The molecule has 3 rings (SSSR count). The number of benzene rings is 1. The summed E-state index contributed by atoms with van der Waals surface area (Å²) in [6, 6.07) is 9.95. The third-order valence-corrected chi connectivity index (χ3v) is 3.56. The lowest BCUT2D eigenvalue weighted by Crippen LogP contribution is -1.89. The van der Waals surface area contributed by atoms with E-state index >= 15 is 0 Å². The molecule has 0 spiro atoms. The number of nitrogens with zero attached hydrogens (tertiary/aromatic N) is 3. The first-order valence-corrected chi connectivity index (χ1v) is 6.51. The zero-order valence-corrected chi connectivity index (χ0v) is 10.7. The molecular weight excluding hydrogens is 242 g/mol. The van der Waals surface area contributed by atoms with Gasteiger partial charge in [-0.25, -0.2) is 15.0 Å². The van der Waals surface area contributed by atoms with E-state index in [0.717, 1.165) is 27.7 Å². The van der Waals surface area contributed by atoms with Crippen LogP contribution < -0.4 is 0 Å². The first kappa shape index (κ1) is 11.0.